The lowest BCUT2D eigenvalue weighted by Gasteiger charge is -2.34. The minimum atomic E-state index is -0.00923. The quantitative estimate of drug-likeness (QED) is 0.724. The number of nitrogens with zero attached hydrogens (tertiary/aromatic N) is 3. The Hall–Kier alpha value is -3.32. The van der Waals surface area contributed by atoms with Crippen molar-refractivity contribution >= 4 is 5.91 Å². The third-order valence-corrected chi connectivity index (χ3v) is 5.79. The number of amides is 1. The van der Waals surface area contributed by atoms with Crippen LogP contribution in [0.15, 0.2) is 48.5 Å². The van der Waals surface area contributed by atoms with Crippen molar-refractivity contribution in [3.05, 3.63) is 65.4 Å². The van der Waals surface area contributed by atoms with E-state index >= 15 is 0 Å². The number of ether oxygens (including phenoxy) is 2. The van der Waals surface area contributed by atoms with Crippen LogP contribution in [0.1, 0.15) is 21.6 Å². The number of aromatic amines is 1. The summed E-state index contributed by atoms with van der Waals surface area (Å²) in [7, 11) is 0. The van der Waals surface area contributed by atoms with Crippen LogP contribution in [-0.2, 0) is 6.54 Å². The normalized spacial score (nSPS) is 16.1. The molecule has 1 saturated heterocycles. The van der Waals surface area contributed by atoms with Gasteiger partial charge in [0.2, 0.25) is 6.79 Å². The molecule has 0 aliphatic carbocycles. The minimum Gasteiger partial charge on any atom is -0.454 e. The molecular formula is C23H24N4O3. The van der Waals surface area contributed by atoms with Crippen molar-refractivity contribution in [1.29, 1.82) is 0 Å². The molecule has 0 radical (unpaired) electrons. The van der Waals surface area contributed by atoms with Gasteiger partial charge in [0.1, 0.15) is 5.69 Å². The van der Waals surface area contributed by atoms with E-state index in [4.69, 9.17) is 9.47 Å². The van der Waals surface area contributed by atoms with Crippen molar-refractivity contribution in [2.24, 2.45) is 0 Å². The number of fused-ring (bicyclic) bond motifs is 1. The lowest BCUT2D eigenvalue weighted by molar-refractivity contribution is 0.0622. The number of nitrogens with one attached hydrogen (secondary N) is 1. The first-order chi connectivity index (χ1) is 14.7. The zero-order chi connectivity index (χ0) is 20.5. The number of benzene rings is 2. The number of carbonyl (C=O) groups is 1. The minimum absolute atomic E-state index is 0.00923. The molecule has 2 aliphatic rings. The summed E-state index contributed by atoms with van der Waals surface area (Å²) in [4.78, 5) is 17.2. The molecule has 3 aromatic rings. The van der Waals surface area contributed by atoms with Crippen molar-refractivity contribution in [3.63, 3.8) is 0 Å². The Morgan fingerprint density at radius 3 is 2.67 bits per heavy atom. The highest BCUT2D eigenvalue weighted by molar-refractivity contribution is 5.93. The molecule has 0 atom stereocenters. The Balaban J connectivity index is 1.22. The van der Waals surface area contributed by atoms with Crippen LogP contribution >= 0.6 is 0 Å². The van der Waals surface area contributed by atoms with Crippen molar-refractivity contribution in [1.82, 2.24) is 20.0 Å². The lowest BCUT2D eigenvalue weighted by atomic mass is 10.1. The fraction of sp³-hybridized carbons (Fsp3) is 0.304. The summed E-state index contributed by atoms with van der Waals surface area (Å²) < 4.78 is 10.8. The Labute approximate surface area is 175 Å². The molecule has 0 unspecified atom stereocenters. The summed E-state index contributed by atoms with van der Waals surface area (Å²) >= 11 is 0. The molecule has 5 rings (SSSR count). The van der Waals surface area contributed by atoms with Gasteiger partial charge >= 0.3 is 0 Å². The second-order valence-corrected chi connectivity index (χ2v) is 7.73. The van der Waals surface area contributed by atoms with Crippen LogP contribution in [0.3, 0.4) is 0 Å². The highest BCUT2D eigenvalue weighted by Gasteiger charge is 2.24. The van der Waals surface area contributed by atoms with Gasteiger partial charge in [-0.15, -0.1) is 0 Å². The molecule has 0 saturated carbocycles. The van der Waals surface area contributed by atoms with Gasteiger partial charge in [0.15, 0.2) is 11.5 Å². The Morgan fingerprint density at radius 2 is 1.83 bits per heavy atom. The van der Waals surface area contributed by atoms with E-state index in [1.165, 1.54) is 11.1 Å². The van der Waals surface area contributed by atoms with E-state index in [2.05, 4.69) is 46.3 Å². The number of hydrogen-bond acceptors (Lipinski definition) is 5. The van der Waals surface area contributed by atoms with Gasteiger partial charge in [0.05, 0.1) is 5.69 Å². The van der Waals surface area contributed by atoms with Crippen LogP contribution in [0.2, 0.25) is 0 Å². The summed E-state index contributed by atoms with van der Waals surface area (Å²) in [5.41, 5.74) is 4.77. The fourth-order valence-corrected chi connectivity index (χ4v) is 3.94. The summed E-state index contributed by atoms with van der Waals surface area (Å²) in [6.07, 6.45) is 0. The Kier molecular flexibility index (Phi) is 4.88. The maximum Gasteiger partial charge on any atom is 0.271 e. The third kappa shape index (κ3) is 3.64. The van der Waals surface area contributed by atoms with Crippen LogP contribution in [0.5, 0.6) is 11.5 Å². The van der Waals surface area contributed by atoms with E-state index in [-0.39, 0.29) is 12.7 Å². The summed E-state index contributed by atoms with van der Waals surface area (Å²) in [5, 5.41) is 7.23. The topological polar surface area (TPSA) is 70.7 Å². The fourth-order valence-electron chi connectivity index (χ4n) is 3.94. The standard InChI is InChI=1S/C23H24N4O3/c1-16-4-2-3-5-18(16)14-26-8-10-27(11-9-26)23(28)20-13-19(24-25-20)17-6-7-21-22(12-17)30-15-29-21/h2-7,12-13H,8-11,14-15H2,1H3,(H,24,25). The maximum atomic E-state index is 12.9. The monoisotopic (exact) mass is 404 g/mol. The van der Waals surface area contributed by atoms with Gasteiger partial charge < -0.3 is 14.4 Å². The summed E-state index contributed by atoms with van der Waals surface area (Å²) in [6, 6.07) is 15.9. The molecule has 2 aromatic carbocycles. The van der Waals surface area contributed by atoms with Gasteiger partial charge in [0.25, 0.3) is 5.91 Å². The largest absolute Gasteiger partial charge is 0.454 e. The number of aryl methyl sites for hydroxylation is 1. The molecule has 1 fully saturated rings. The van der Waals surface area contributed by atoms with Gasteiger partial charge in [-0.2, -0.15) is 5.10 Å². The van der Waals surface area contributed by atoms with Gasteiger partial charge in [-0.3, -0.25) is 14.8 Å². The third-order valence-electron chi connectivity index (χ3n) is 5.79. The molecule has 3 heterocycles. The first kappa shape index (κ1) is 18.7. The van der Waals surface area contributed by atoms with Crippen LogP contribution in [0.25, 0.3) is 11.3 Å². The Morgan fingerprint density at radius 1 is 1.03 bits per heavy atom. The SMILES string of the molecule is Cc1ccccc1CN1CCN(C(=O)c2cc(-c3ccc4c(c3)OCO4)n[nH]2)CC1. The molecule has 0 spiro atoms. The van der Waals surface area contributed by atoms with Crippen molar-refractivity contribution in [2.75, 3.05) is 33.0 Å². The zero-order valence-corrected chi connectivity index (χ0v) is 16.9. The van der Waals surface area contributed by atoms with Crippen molar-refractivity contribution in [2.45, 2.75) is 13.5 Å². The molecule has 1 aromatic heterocycles. The second kappa shape index (κ2) is 7.84. The van der Waals surface area contributed by atoms with Crippen molar-refractivity contribution < 1.29 is 14.3 Å². The Bertz CT molecular complexity index is 1070. The average molecular weight is 404 g/mol. The molecule has 154 valence electrons. The van der Waals surface area contributed by atoms with Crippen LogP contribution in [-0.4, -0.2) is 58.9 Å². The van der Waals surface area contributed by atoms with Crippen molar-refractivity contribution in [3.8, 4) is 22.8 Å². The zero-order valence-electron chi connectivity index (χ0n) is 16.9. The van der Waals surface area contributed by atoms with E-state index in [1.807, 2.05) is 23.1 Å². The van der Waals surface area contributed by atoms with Gasteiger partial charge in [-0.1, -0.05) is 24.3 Å². The highest BCUT2D eigenvalue weighted by atomic mass is 16.7. The average Bonchev–Trinajstić information content (AvgIpc) is 3.44. The molecule has 1 N–H and O–H groups in total. The number of aromatic nitrogens is 2. The predicted molar refractivity (Wildman–Crippen MR) is 113 cm³/mol. The summed E-state index contributed by atoms with van der Waals surface area (Å²) in [6.45, 7) is 6.45. The number of rotatable bonds is 4. The first-order valence-corrected chi connectivity index (χ1v) is 10.2. The highest BCUT2D eigenvalue weighted by Crippen LogP contribution is 2.35. The number of piperazine rings is 1. The van der Waals surface area contributed by atoms with Crippen LogP contribution < -0.4 is 9.47 Å². The van der Waals surface area contributed by atoms with E-state index in [0.717, 1.165) is 36.6 Å². The van der Waals surface area contributed by atoms with Crippen LogP contribution in [0, 0.1) is 6.92 Å². The number of carbonyl (C=O) groups excluding carboxylic acids is 1. The van der Waals surface area contributed by atoms with Gasteiger partial charge in [-0.25, -0.2) is 0 Å². The molecule has 7 nitrogen and oxygen atoms in total. The first-order valence-electron chi connectivity index (χ1n) is 10.2. The maximum absolute atomic E-state index is 12.9. The van der Waals surface area contributed by atoms with Crippen LogP contribution in [0.4, 0.5) is 0 Å². The lowest BCUT2D eigenvalue weighted by Crippen LogP contribution is -2.48. The van der Waals surface area contributed by atoms with E-state index in [0.29, 0.717) is 24.5 Å². The van der Waals surface area contributed by atoms with E-state index in [1.54, 1.807) is 6.07 Å². The molecule has 7 heteroatoms. The van der Waals surface area contributed by atoms with E-state index < -0.39 is 0 Å². The molecule has 1 amide bonds. The van der Waals surface area contributed by atoms with Gasteiger partial charge in [0, 0.05) is 38.3 Å². The molecule has 30 heavy (non-hydrogen) atoms. The molecular weight excluding hydrogens is 380 g/mol. The summed E-state index contributed by atoms with van der Waals surface area (Å²) in [5.74, 6) is 1.42. The van der Waals surface area contributed by atoms with Gasteiger partial charge in [-0.05, 0) is 42.3 Å². The molecule has 2 aliphatic heterocycles. The van der Waals surface area contributed by atoms with E-state index in [9.17, 15) is 4.79 Å². The number of H-pyrrole nitrogens is 1. The second-order valence-electron chi connectivity index (χ2n) is 7.73. The number of hydrogen-bond donors (Lipinski definition) is 1. The predicted octanol–water partition coefficient (Wildman–Crippen LogP) is 3.07. The molecule has 0 bridgehead atoms. The smallest absolute Gasteiger partial charge is 0.271 e.